The molecule has 8 nitrogen and oxygen atoms in total. The van der Waals surface area contributed by atoms with E-state index >= 15 is 0 Å². The summed E-state index contributed by atoms with van der Waals surface area (Å²) >= 11 is 0. The van der Waals surface area contributed by atoms with E-state index in [0.717, 1.165) is 6.08 Å². The van der Waals surface area contributed by atoms with Gasteiger partial charge in [-0.2, -0.15) is 16.8 Å². The first-order chi connectivity index (χ1) is 7.37. The molecule has 102 valence electrons. The van der Waals surface area contributed by atoms with Gasteiger partial charge in [-0.1, -0.05) is 13.5 Å². The van der Waals surface area contributed by atoms with Gasteiger partial charge in [-0.3, -0.25) is 13.9 Å². The van der Waals surface area contributed by atoms with Crippen LogP contribution in [0, 0.1) is 5.92 Å². The van der Waals surface area contributed by atoms with Gasteiger partial charge in [-0.25, -0.2) is 0 Å². The summed E-state index contributed by atoms with van der Waals surface area (Å²) in [4.78, 5) is 9.47. The molecule has 0 aliphatic heterocycles. The third kappa shape index (κ3) is 21.0. The van der Waals surface area contributed by atoms with Gasteiger partial charge in [0.05, 0.1) is 11.5 Å². The second-order valence-corrected chi connectivity index (χ2v) is 6.20. The van der Waals surface area contributed by atoms with Gasteiger partial charge >= 0.3 is 0 Å². The molecular formula is C7H15NO7S2. The quantitative estimate of drug-likeness (QED) is 0.436. The van der Waals surface area contributed by atoms with Gasteiger partial charge in [-0.15, -0.1) is 0 Å². The lowest BCUT2D eigenvalue weighted by Crippen LogP contribution is -2.20. The number of primary amides is 1. The summed E-state index contributed by atoms with van der Waals surface area (Å²) in [7, 11) is -8.34. The normalized spacial score (nSPS) is 11.5. The standard InChI is InChI=1S/C4H10O6S2.C3H5NO/c1-4(2-11(5,6)7)3-12(8,9)10;1-2-3(4)5/h4H,2-3H2,1H3,(H,5,6,7)(H,8,9,10);2H,1H2,(H2,4,5). The van der Waals surface area contributed by atoms with Crippen LogP contribution in [0.2, 0.25) is 0 Å². The van der Waals surface area contributed by atoms with E-state index in [1.165, 1.54) is 6.92 Å². The van der Waals surface area contributed by atoms with Crippen molar-refractivity contribution < 1.29 is 30.7 Å². The van der Waals surface area contributed by atoms with Crippen molar-refractivity contribution in [3.05, 3.63) is 12.7 Å². The summed E-state index contributed by atoms with van der Waals surface area (Å²) in [5.74, 6) is -2.65. The van der Waals surface area contributed by atoms with E-state index in [2.05, 4.69) is 12.3 Å². The Morgan fingerprint density at radius 1 is 1.24 bits per heavy atom. The van der Waals surface area contributed by atoms with Crippen molar-refractivity contribution >= 4 is 26.1 Å². The summed E-state index contributed by atoms with van der Waals surface area (Å²) < 4.78 is 57.4. The fourth-order valence-corrected chi connectivity index (χ4v) is 2.59. The van der Waals surface area contributed by atoms with Gasteiger partial charge in [0.1, 0.15) is 0 Å². The highest BCUT2D eigenvalue weighted by Gasteiger charge is 2.17. The van der Waals surface area contributed by atoms with E-state index in [-0.39, 0.29) is 0 Å². The van der Waals surface area contributed by atoms with Crippen LogP contribution < -0.4 is 5.73 Å². The fraction of sp³-hybridized carbons (Fsp3) is 0.571. The molecule has 10 heteroatoms. The molecule has 0 aliphatic rings. The number of carbonyl (C=O) groups excluding carboxylic acids is 1. The summed E-state index contributed by atoms with van der Waals surface area (Å²) in [5.41, 5.74) is 4.53. The van der Waals surface area contributed by atoms with Crippen LogP contribution in [-0.4, -0.2) is 43.4 Å². The average Bonchev–Trinajstić information content (AvgIpc) is 1.97. The highest BCUT2D eigenvalue weighted by atomic mass is 32.2. The molecule has 0 bridgehead atoms. The topological polar surface area (TPSA) is 152 Å². The number of rotatable bonds is 5. The van der Waals surface area contributed by atoms with Crippen LogP contribution in [0.25, 0.3) is 0 Å². The van der Waals surface area contributed by atoms with Crippen LogP contribution in [0.4, 0.5) is 0 Å². The molecule has 0 saturated heterocycles. The second kappa shape index (κ2) is 7.37. The van der Waals surface area contributed by atoms with Crippen molar-refractivity contribution in [3.8, 4) is 0 Å². The molecule has 0 aromatic rings. The van der Waals surface area contributed by atoms with E-state index in [1.807, 2.05) is 0 Å². The number of nitrogens with two attached hydrogens (primary N) is 1. The highest BCUT2D eigenvalue weighted by molar-refractivity contribution is 7.86. The Morgan fingerprint density at radius 3 is 1.59 bits per heavy atom. The first kappa shape index (κ1) is 18.4. The fourth-order valence-electron chi connectivity index (χ4n) is 0.767. The lowest BCUT2D eigenvalue weighted by molar-refractivity contribution is -0.113. The smallest absolute Gasteiger partial charge is 0.265 e. The van der Waals surface area contributed by atoms with Crippen molar-refractivity contribution in [3.63, 3.8) is 0 Å². The predicted molar refractivity (Wildman–Crippen MR) is 61.4 cm³/mol. The number of amides is 1. The lowest BCUT2D eigenvalue weighted by Gasteiger charge is -2.05. The number of hydrogen-bond donors (Lipinski definition) is 3. The van der Waals surface area contributed by atoms with Crippen LogP contribution in [0.15, 0.2) is 12.7 Å². The lowest BCUT2D eigenvalue weighted by atomic mass is 10.3. The van der Waals surface area contributed by atoms with Crippen molar-refractivity contribution in [2.75, 3.05) is 11.5 Å². The molecule has 0 rings (SSSR count). The van der Waals surface area contributed by atoms with E-state index in [0.29, 0.717) is 0 Å². The first-order valence-corrected chi connectivity index (χ1v) is 7.41. The van der Waals surface area contributed by atoms with Gasteiger partial charge in [0, 0.05) is 0 Å². The zero-order valence-corrected chi connectivity index (χ0v) is 10.7. The maximum absolute atomic E-state index is 10.2. The molecule has 0 aromatic heterocycles. The maximum atomic E-state index is 10.2. The third-order valence-corrected chi connectivity index (χ3v) is 3.17. The molecule has 0 heterocycles. The van der Waals surface area contributed by atoms with Crippen molar-refractivity contribution in [2.24, 2.45) is 11.7 Å². The molecule has 0 aromatic carbocycles. The van der Waals surface area contributed by atoms with Gasteiger partial charge in [0.15, 0.2) is 0 Å². The van der Waals surface area contributed by atoms with E-state index < -0.39 is 43.6 Å². The Hall–Kier alpha value is -0.970. The van der Waals surface area contributed by atoms with Gasteiger partial charge in [-0.05, 0) is 12.0 Å². The Bertz CT molecular complexity index is 417. The molecule has 0 spiro atoms. The monoisotopic (exact) mass is 289 g/mol. The molecule has 0 aliphatic carbocycles. The van der Waals surface area contributed by atoms with Crippen LogP contribution in [-0.2, 0) is 25.0 Å². The largest absolute Gasteiger partial charge is 0.366 e. The maximum Gasteiger partial charge on any atom is 0.265 e. The zero-order chi connectivity index (χ0) is 14.3. The Kier molecular flexibility index (Phi) is 7.98. The van der Waals surface area contributed by atoms with Crippen molar-refractivity contribution in [1.82, 2.24) is 0 Å². The summed E-state index contributed by atoms with van der Waals surface area (Å²) in [6.45, 7) is 4.38. The van der Waals surface area contributed by atoms with E-state index in [9.17, 15) is 21.6 Å². The zero-order valence-electron chi connectivity index (χ0n) is 9.11. The Balaban J connectivity index is 0. The Labute approximate surface area is 100 Å². The molecule has 0 fully saturated rings. The van der Waals surface area contributed by atoms with Crippen LogP contribution in [0.1, 0.15) is 6.92 Å². The molecule has 17 heavy (non-hydrogen) atoms. The molecule has 0 radical (unpaired) electrons. The van der Waals surface area contributed by atoms with Crippen molar-refractivity contribution in [1.29, 1.82) is 0 Å². The highest BCUT2D eigenvalue weighted by Crippen LogP contribution is 2.02. The second-order valence-electron chi connectivity index (χ2n) is 3.21. The van der Waals surface area contributed by atoms with E-state index in [4.69, 9.17) is 9.11 Å². The summed E-state index contributed by atoms with van der Waals surface area (Å²) in [6, 6.07) is 0. The van der Waals surface area contributed by atoms with Gasteiger partial charge in [0.25, 0.3) is 20.2 Å². The summed E-state index contributed by atoms with van der Waals surface area (Å²) in [5, 5.41) is 0. The first-order valence-electron chi connectivity index (χ1n) is 4.19. The molecule has 0 saturated carbocycles. The molecule has 0 unspecified atom stereocenters. The molecule has 4 N–H and O–H groups in total. The van der Waals surface area contributed by atoms with Crippen LogP contribution in [0.5, 0.6) is 0 Å². The van der Waals surface area contributed by atoms with Gasteiger partial charge in [0.2, 0.25) is 5.91 Å². The Morgan fingerprint density at radius 2 is 1.47 bits per heavy atom. The van der Waals surface area contributed by atoms with Crippen LogP contribution in [0.3, 0.4) is 0 Å². The van der Waals surface area contributed by atoms with E-state index in [1.54, 1.807) is 0 Å². The predicted octanol–water partition coefficient (Wildman–Crippen LogP) is -0.944. The SMILES string of the molecule is C=CC(N)=O.CC(CS(=O)(=O)O)CS(=O)(=O)O. The number of hydrogen-bond acceptors (Lipinski definition) is 5. The van der Waals surface area contributed by atoms with Gasteiger partial charge < -0.3 is 5.73 Å². The minimum absolute atomic E-state index is 0.481. The average molecular weight is 289 g/mol. The molecular weight excluding hydrogens is 274 g/mol. The molecule has 1 amide bonds. The third-order valence-electron chi connectivity index (χ3n) is 1.19. The minimum Gasteiger partial charge on any atom is -0.366 e. The van der Waals surface area contributed by atoms with Crippen LogP contribution >= 0.6 is 0 Å². The van der Waals surface area contributed by atoms with Crippen molar-refractivity contribution in [2.45, 2.75) is 6.92 Å². The minimum atomic E-state index is -4.17. The summed E-state index contributed by atoms with van der Waals surface area (Å²) in [6.07, 6.45) is 1.06. The molecule has 0 atom stereocenters. The number of carbonyl (C=O) groups is 1.